The van der Waals surface area contributed by atoms with E-state index in [2.05, 4.69) is 208 Å². The lowest BCUT2D eigenvalue weighted by Crippen LogP contribution is -2.19. The van der Waals surface area contributed by atoms with Gasteiger partial charge in [-0.1, -0.05) is 137 Å². The molecule has 7 aromatic carbocycles. The Morgan fingerprint density at radius 3 is 1.54 bits per heavy atom. The van der Waals surface area contributed by atoms with Crippen LogP contribution in [0, 0.1) is 0 Å². The average molecular weight is 673 g/mol. The SMILES string of the molecule is CN(c1ccc(-c2cccc(CN(c3ccccc3)c3ccc4c(c3)C(C)(C)c3ccccc3-4)c2)cc1)c1ccc2c(c1)C(C)(C)c1ccccc1-2. The minimum absolute atomic E-state index is 0.0171. The van der Waals surface area contributed by atoms with Crippen molar-refractivity contribution in [3.8, 4) is 33.4 Å². The highest BCUT2D eigenvalue weighted by Crippen LogP contribution is 2.51. The summed E-state index contributed by atoms with van der Waals surface area (Å²) in [5.41, 5.74) is 19.4. The van der Waals surface area contributed by atoms with Crippen LogP contribution in [-0.4, -0.2) is 7.05 Å². The van der Waals surface area contributed by atoms with Gasteiger partial charge in [0.15, 0.2) is 0 Å². The minimum Gasteiger partial charge on any atom is -0.345 e. The van der Waals surface area contributed by atoms with E-state index in [1.165, 1.54) is 83.9 Å². The zero-order valence-corrected chi connectivity index (χ0v) is 30.7. The summed E-state index contributed by atoms with van der Waals surface area (Å²) in [4.78, 5) is 4.75. The van der Waals surface area contributed by atoms with Gasteiger partial charge in [-0.2, -0.15) is 0 Å². The van der Waals surface area contributed by atoms with E-state index in [1.807, 2.05) is 0 Å². The molecule has 0 unspecified atom stereocenters. The first kappa shape index (κ1) is 32.1. The van der Waals surface area contributed by atoms with E-state index >= 15 is 0 Å². The highest BCUT2D eigenvalue weighted by Gasteiger charge is 2.36. The second-order valence-electron chi connectivity index (χ2n) is 15.5. The van der Waals surface area contributed by atoms with Crippen LogP contribution in [0.3, 0.4) is 0 Å². The van der Waals surface area contributed by atoms with E-state index < -0.39 is 0 Å². The first-order chi connectivity index (χ1) is 25.2. The summed E-state index contributed by atoms with van der Waals surface area (Å²) in [7, 11) is 2.17. The molecule has 0 aromatic heterocycles. The Bertz CT molecular complexity index is 2450. The molecule has 2 aliphatic carbocycles. The van der Waals surface area contributed by atoms with Gasteiger partial charge in [-0.3, -0.25) is 0 Å². The normalized spacial score (nSPS) is 14.2. The number of anilines is 4. The molecule has 0 saturated heterocycles. The van der Waals surface area contributed by atoms with Gasteiger partial charge in [0, 0.05) is 47.2 Å². The topological polar surface area (TPSA) is 6.48 Å². The maximum atomic E-state index is 2.45. The van der Waals surface area contributed by atoms with E-state index in [0.717, 1.165) is 6.54 Å². The smallest absolute Gasteiger partial charge is 0.0481 e. The number of para-hydroxylation sites is 1. The molecule has 0 spiro atoms. The van der Waals surface area contributed by atoms with Crippen molar-refractivity contribution >= 4 is 22.7 Å². The molecule has 52 heavy (non-hydrogen) atoms. The van der Waals surface area contributed by atoms with Crippen LogP contribution in [0.4, 0.5) is 22.7 Å². The third-order valence-electron chi connectivity index (χ3n) is 11.8. The predicted molar refractivity (Wildman–Crippen MR) is 220 cm³/mol. The van der Waals surface area contributed by atoms with Crippen LogP contribution < -0.4 is 9.80 Å². The number of nitrogens with zero attached hydrogens (tertiary/aromatic N) is 2. The molecule has 9 rings (SSSR count). The molecule has 7 aromatic rings. The number of hydrogen-bond acceptors (Lipinski definition) is 2. The Balaban J connectivity index is 0.989. The van der Waals surface area contributed by atoms with Crippen molar-refractivity contribution in [1.29, 1.82) is 0 Å². The van der Waals surface area contributed by atoms with Crippen molar-refractivity contribution in [3.63, 3.8) is 0 Å². The van der Waals surface area contributed by atoms with Crippen LogP contribution in [0.15, 0.2) is 164 Å². The highest BCUT2D eigenvalue weighted by atomic mass is 15.1. The highest BCUT2D eigenvalue weighted by molar-refractivity contribution is 5.85. The summed E-state index contributed by atoms with van der Waals surface area (Å²) < 4.78 is 0. The largest absolute Gasteiger partial charge is 0.345 e. The van der Waals surface area contributed by atoms with E-state index in [4.69, 9.17) is 0 Å². The third-order valence-corrected chi connectivity index (χ3v) is 11.8. The monoisotopic (exact) mass is 672 g/mol. The number of benzene rings is 7. The van der Waals surface area contributed by atoms with Crippen molar-refractivity contribution in [2.45, 2.75) is 45.1 Å². The molecule has 2 nitrogen and oxygen atoms in total. The van der Waals surface area contributed by atoms with Gasteiger partial charge in [0.1, 0.15) is 0 Å². The van der Waals surface area contributed by atoms with Crippen LogP contribution in [0.2, 0.25) is 0 Å². The summed E-state index contributed by atoms with van der Waals surface area (Å²) in [6, 6.07) is 60.5. The number of rotatable bonds is 7. The molecule has 0 N–H and O–H groups in total. The molecule has 0 heterocycles. The van der Waals surface area contributed by atoms with Crippen LogP contribution in [-0.2, 0) is 17.4 Å². The molecule has 2 heteroatoms. The molecular formula is C50H44N2. The second-order valence-corrected chi connectivity index (χ2v) is 15.5. The fraction of sp³-hybridized carbons (Fsp3) is 0.160. The van der Waals surface area contributed by atoms with Crippen LogP contribution >= 0.6 is 0 Å². The van der Waals surface area contributed by atoms with E-state index in [-0.39, 0.29) is 10.8 Å². The summed E-state index contributed by atoms with van der Waals surface area (Å²) in [6.07, 6.45) is 0. The summed E-state index contributed by atoms with van der Waals surface area (Å²) in [5.74, 6) is 0. The maximum Gasteiger partial charge on any atom is 0.0481 e. The minimum atomic E-state index is -0.0482. The fourth-order valence-corrected chi connectivity index (χ4v) is 8.76. The molecule has 0 atom stereocenters. The van der Waals surface area contributed by atoms with Gasteiger partial charge in [0.05, 0.1) is 0 Å². The van der Waals surface area contributed by atoms with Gasteiger partial charge < -0.3 is 9.80 Å². The third kappa shape index (κ3) is 5.16. The zero-order valence-electron chi connectivity index (χ0n) is 30.7. The summed E-state index contributed by atoms with van der Waals surface area (Å²) in [6.45, 7) is 10.2. The maximum absolute atomic E-state index is 2.45. The molecule has 0 saturated carbocycles. The molecule has 0 fully saturated rings. The number of hydrogen-bond donors (Lipinski definition) is 0. The lowest BCUT2D eigenvalue weighted by Gasteiger charge is -2.28. The van der Waals surface area contributed by atoms with Gasteiger partial charge in [-0.15, -0.1) is 0 Å². The van der Waals surface area contributed by atoms with E-state index in [0.29, 0.717) is 0 Å². The van der Waals surface area contributed by atoms with Crippen molar-refractivity contribution in [2.75, 3.05) is 16.8 Å². The first-order valence-corrected chi connectivity index (χ1v) is 18.4. The van der Waals surface area contributed by atoms with Crippen LogP contribution in [0.1, 0.15) is 55.5 Å². The molecular weight excluding hydrogens is 629 g/mol. The van der Waals surface area contributed by atoms with Gasteiger partial charge in [-0.25, -0.2) is 0 Å². The second kappa shape index (κ2) is 12.1. The molecule has 0 radical (unpaired) electrons. The van der Waals surface area contributed by atoms with Gasteiger partial charge in [0.25, 0.3) is 0 Å². The Hall–Kier alpha value is -5.86. The fourth-order valence-electron chi connectivity index (χ4n) is 8.76. The Morgan fingerprint density at radius 1 is 0.385 bits per heavy atom. The standard InChI is InChI=1S/C50H44N2/c1-49(2)45-20-11-9-18-41(45)43-28-26-39(31-47(43)49)51(5)37-24-22-35(23-25-37)36-15-13-14-34(30-36)33-52(38-16-7-6-8-17-38)40-27-29-44-42-19-10-12-21-46(42)50(3,4)48(44)32-40/h6-32H,33H2,1-5H3. The Kier molecular flexibility index (Phi) is 7.48. The molecule has 2 aliphatic rings. The van der Waals surface area contributed by atoms with Crippen molar-refractivity contribution in [3.05, 3.63) is 192 Å². The van der Waals surface area contributed by atoms with E-state index in [1.54, 1.807) is 0 Å². The predicted octanol–water partition coefficient (Wildman–Crippen LogP) is 13.1. The van der Waals surface area contributed by atoms with Gasteiger partial charge in [-0.05, 0) is 116 Å². The van der Waals surface area contributed by atoms with Gasteiger partial charge in [0.2, 0.25) is 0 Å². The molecule has 0 amide bonds. The van der Waals surface area contributed by atoms with Crippen molar-refractivity contribution in [1.82, 2.24) is 0 Å². The Morgan fingerprint density at radius 2 is 0.904 bits per heavy atom. The quantitative estimate of drug-likeness (QED) is 0.166. The molecule has 0 aliphatic heterocycles. The first-order valence-electron chi connectivity index (χ1n) is 18.4. The van der Waals surface area contributed by atoms with Crippen LogP contribution in [0.25, 0.3) is 33.4 Å². The zero-order chi connectivity index (χ0) is 35.6. The lowest BCUT2D eigenvalue weighted by atomic mass is 9.82. The molecule has 0 bridgehead atoms. The number of fused-ring (bicyclic) bond motifs is 6. The summed E-state index contributed by atoms with van der Waals surface area (Å²) >= 11 is 0. The average Bonchev–Trinajstić information content (AvgIpc) is 3.56. The van der Waals surface area contributed by atoms with E-state index in [9.17, 15) is 0 Å². The lowest BCUT2D eigenvalue weighted by molar-refractivity contribution is 0.660. The summed E-state index contributed by atoms with van der Waals surface area (Å²) in [5, 5.41) is 0. The van der Waals surface area contributed by atoms with Crippen molar-refractivity contribution in [2.24, 2.45) is 0 Å². The molecule has 254 valence electrons. The van der Waals surface area contributed by atoms with Crippen LogP contribution in [0.5, 0.6) is 0 Å². The Labute approximate surface area is 308 Å². The van der Waals surface area contributed by atoms with Crippen molar-refractivity contribution < 1.29 is 0 Å². The van der Waals surface area contributed by atoms with Gasteiger partial charge >= 0.3 is 0 Å².